The van der Waals surface area contributed by atoms with Gasteiger partial charge in [0.15, 0.2) is 0 Å². The van der Waals surface area contributed by atoms with Crippen LogP contribution in [0.5, 0.6) is 0 Å². The maximum Gasteiger partial charge on any atom is 0.261 e. The smallest absolute Gasteiger partial charge is 0.261 e. The highest BCUT2D eigenvalue weighted by Crippen LogP contribution is 2.24. The molecular weight excluding hydrogens is 344 g/mol. The average Bonchev–Trinajstić information content (AvgIpc) is 2.96. The maximum atomic E-state index is 11.9. The SMILES string of the molecule is CC(C)(C)c1cccc(NCC(O)CNC(=O)c2ccc(Cl)s2)c1. The average molecular weight is 367 g/mol. The van der Waals surface area contributed by atoms with Crippen molar-refractivity contribution in [3.8, 4) is 0 Å². The standard InChI is InChI=1S/C18H23ClN2O2S/c1-18(2,3)12-5-4-6-13(9-12)20-10-14(22)11-21-17(23)15-7-8-16(19)24-15/h4-9,14,20,22H,10-11H2,1-3H3,(H,21,23). The van der Waals surface area contributed by atoms with Gasteiger partial charge in [-0.1, -0.05) is 44.5 Å². The van der Waals surface area contributed by atoms with Gasteiger partial charge in [0, 0.05) is 18.8 Å². The molecule has 1 amide bonds. The lowest BCUT2D eigenvalue weighted by molar-refractivity contribution is 0.0926. The normalized spacial score (nSPS) is 12.7. The number of halogens is 1. The maximum absolute atomic E-state index is 11.9. The Bertz CT molecular complexity index is 694. The van der Waals surface area contributed by atoms with E-state index in [9.17, 15) is 9.90 Å². The van der Waals surface area contributed by atoms with Crippen LogP contribution in [0.2, 0.25) is 4.34 Å². The van der Waals surface area contributed by atoms with Crippen LogP contribution in [0.3, 0.4) is 0 Å². The summed E-state index contributed by atoms with van der Waals surface area (Å²) in [6.07, 6.45) is -0.678. The lowest BCUT2D eigenvalue weighted by Gasteiger charge is -2.20. The van der Waals surface area contributed by atoms with E-state index in [1.165, 1.54) is 16.9 Å². The van der Waals surface area contributed by atoms with Crippen LogP contribution in [0.15, 0.2) is 36.4 Å². The van der Waals surface area contributed by atoms with Crippen LogP contribution < -0.4 is 10.6 Å². The molecule has 0 saturated carbocycles. The summed E-state index contributed by atoms with van der Waals surface area (Å²) in [7, 11) is 0. The minimum atomic E-state index is -0.678. The molecule has 4 nitrogen and oxygen atoms in total. The number of amides is 1. The van der Waals surface area contributed by atoms with Gasteiger partial charge in [-0.25, -0.2) is 0 Å². The summed E-state index contributed by atoms with van der Waals surface area (Å²) in [6, 6.07) is 11.5. The minimum Gasteiger partial charge on any atom is -0.389 e. The van der Waals surface area contributed by atoms with Crippen molar-refractivity contribution in [2.45, 2.75) is 32.3 Å². The van der Waals surface area contributed by atoms with Crippen molar-refractivity contribution in [3.05, 3.63) is 51.2 Å². The summed E-state index contributed by atoms with van der Waals surface area (Å²) in [5, 5.41) is 16.0. The zero-order valence-corrected chi connectivity index (χ0v) is 15.7. The molecule has 0 aliphatic carbocycles. The van der Waals surface area contributed by atoms with E-state index in [4.69, 9.17) is 11.6 Å². The molecule has 1 unspecified atom stereocenters. The number of aliphatic hydroxyl groups excluding tert-OH is 1. The summed E-state index contributed by atoms with van der Waals surface area (Å²) in [5.41, 5.74) is 2.26. The lowest BCUT2D eigenvalue weighted by atomic mass is 9.87. The van der Waals surface area contributed by atoms with E-state index in [0.717, 1.165) is 5.69 Å². The fourth-order valence-electron chi connectivity index (χ4n) is 2.14. The number of aliphatic hydroxyl groups is 1. The molecule has 0 radical (unpaired) electrons. The van der Waals surface area contributed by atoms with E-state index in [0.29, 0.717) is 15.8 Å². The van der Waals surface area contributed by atoms with Gasteiger partial charge in [-0.3, -0.25) is 4.79 Å². The molecule has 3 N–H and O–H groups in total. The fourth-order valence-corrected chi connectivity index (χ4v) is 3.10. The second-order valence-electron chi connectivity index (χ2n) is 6.68. The number of carbonyl (C=O) groups excluding carboxylic acids is 1. The van der Waals surface area contributed by atoms with Gasteiger partial charge in [0.1, 0.15) is 0 Å². The molecule has 0 spiro atoms. The molecule has 0 aliphatic heterocycles. The van der Waals surface area contributed by atoms with Crippen molar-refractivity contribution in [1.82, 2.24) is 5.32 Å². The first kappa shape index (κ1) is 18.8. The fraction of sp³-hybridized carbons (Fsp3) is 0.389. The lowest BCUT2D eigenvalue weighted by Crippen LogP contribution is -2.35. The van der Waals surface area contributed by atoms with Crippen molar-refractivity contribution < 1.29 is 9.90 Å². The minimum absolute atomic E-state index is 0.0757. The zero-order valence-electron chi connectivity index (χ0n) is 14.1. The van der Waals surface area contributed by atoms with Crippen LogP contribution in [-0.4, -0.2) is 30.2 Å². The Labute approximate surface area is 151 Å². The van der Waals surface area contributed by atoms with Gasteiger partial charge in [0.05, 0.1) is 15.3 Å². The zero-order chi connectivity index (χ0) is 17.7. The van der Waals surface area contributed by atoms with Gasteiger partial charge in [0.25, 0.3) is 5.91 Å². The van der Waals surface area contributed by atoms with Crippen molar-refractivity contribution in [2.75, 3.05) is 18.4 Å². The topological polar surface area (TPSA) is 61.4 Å². The number of hydrogen-bond donors (Lipinski definition) is 3. The predicted octanol–water partition coefficient (Wildman–Crippen LogP) is 3.90. The first-order valence-electron chi connectivity index (χ1n) is 7.82. The largest absolute Gasteiger partial charge is 0.389 e. The third-order valence-corrected chi connectivity index (χ3v) is 4.80. The molecule has 0 saturated heterocycles. The van der Waals surface area contributed by atoms with Gasteiger partial charge in [-0.05, 0) is 35.2 Å². The number of hydrogen-bond acceptors (Lipinski definition) is 4. The Balaban J connectivity index is 1.81. The van der Waals surface area contributed by atoms with Crippen LogP contribution in [-0.2, 0) is 5.41 Å². The monoisotopic (exact) mass is 366 g/mol. The highest BCUT2D eigenvalue weighted by Gasteiger charge is 2.14. The molecule has 2 rings (SSSR count). The third kappa shape index (κ3) is 5.51. The van der Waals surface area contributed by atoms with Crippen LogP contribution in [0, 0.1) is 0 Å². The van der Waals surface area contributed by atoms with Crippen LogP contribution >= 0.6 is 22.9 Å². The quantitative estimate of drug-likeness (QED) is 0.726. The second-order valence-corrected chi connectivity index (χ2v) is 8.39. The Morgan fingerprint density at radius 1 is 1.25 bits per heavy atom. The molecule has 1 aromatic carbocycles. The highest BCUT2D eigenvalue weighted by atomic mass is 35.5. The van der Waals surface area contributed by atoms with Gasteiger partial charge < -0.3 is 15.7 Å². The van der Waals surface area contributed by atoms with E-state index in [1.807, 2.05) is 12.1 Å². The van der Waals surface area contributed by atoms with Gasteiger partial charge in [-0.2, -0.15) is 0 Å². The summed E-state index contributed by atoms with van der Waals surface area (Å²) in [4.78, 5) is 12.4. The van der Waals surface area contributed by atoms with Gasteiger partial charge in [0.2, 0.25) is 0 Å². The summed E-state index contributed by atoms with van der Waals surface area (Å²) in [6.45, 7) is 7.02. The van der Waals surface area contributed by atoms with Crippen molar-refractivity contribution >= 4 is 34.5 Å². The van der Waals surface area contributed by atoms with E-state index < -0.39 is 6.10 Å². The van der Waals surface area contributed by atoms with Crippen molar-refractivity contribution in [2.24, 2.45) is 0 Å². The molecular formula is C18H23ClN2O2S. The Morgan fingerprint density at radius 3 is 2.62 bits per heavy atom. The molecule has 0 fully saturated rings. The van der Waals surface area contributed by atoms with Crippen LogP contribution in [0.1, 0.15) is 36.0 Å². The second kappa shape index (κ2) is 8.01. The Hall–Kier alpha value is -1.56. The van der Waals surface area contributed by atoms with E-state index in [2.05, 4.69) is 43.5 Å². The molecule has 6 heteroatoms. The number of rotatable bonds is 6. The Morgan fingerprint density at radius 2 is 2.00 bits per heavy atom. The molecule has 2 aromatic rings. The molecule has 1 atom stereocenters. The number of carbonyl (C=O) groups is 1. The Kier molecular flexibility index (Phi) is 6.27. The molecule has 1 aromatic heterocycles. The number of thiophene rings is 1. The van der Waals surface area contributed by atoms with E-state index in [-0.39, 0.29) is 17.9 Å². The summed E-state index contributed by atoms with van der Waals surface area (Å²) < 4.78 is 0.570. The highest BCUT2D eigenvalue weighted by molar-refractivity contribution is 7.17. The van der Waals surface area contributed by atoms with Crippen molar-refractivity contribution in [3.63, 3.8) is 0 Å². The molecule has 24 heavy (non-hydrogen) atoms. The number of nitrogens with one attached hydrogen (secondary N) is 2. The first-order chi connectivity index (χ1) is 11.3. The summed E-state index contributed by atoms with van der Waals surface area (Å²) in [5.74, 6) is -0.222. The predicted molar refractivity (Wildman–Crippen MR) is 101 cm³/mol. The van der Waals surface area contributed by atoms with E-state index in [1.54, 1.807) is 12.1 Å². The third-order valence-electron chi connectivity index (χ3n) is 3.57. The molecule has 1 heterocycles. The van der Waals surface area contributed by atoms with E-state index >= 15 is 0 Å². The number of benzene rings is 1. The van der Waals surface area contributed by atoms with Gasteiger partial charge >= 0.3 is 0 Å². The molecule has 130 valence electrons. The molecule has 0 bridgehead atoms. The summed E-state index contributed by atoms with van der Waals surface area (Å²) >= 11 is 7.03. The van der Waals surface area contributed by atoms with Gasteiger partial charge in [-0.15, -0.1) is 11.3 Å². The van der Waals surface area contributed by atoms with Crippen LogP contribution in [0.25, 0.3) is 0 Å². The van der Waals surface area contributed by atoms with Crippen LogP contribution in [0.4, 0.5) is 5.69 Å². The first-order valence-corrected chi connectivity index (χ1v) is 9.01. The number of anilines is 1. The molecule has 0 aliphatic rings. The van der Waals surface area contributed by atoms with Crippen molar-refractivity contribution in [1.29, 1.82) is 0 Å².